The summed E-state index contributed by atoms with van der Waals surface area (Å²) in [6, 6.07) is 13.1. The molecule has 1 aliphatic heterocycles. The van der Waals surface area contributed by atoms with Crippen molar-refractivity contribution in [2.45, 2.75) is 17.9 Å². The van der Waals surface area contributed by atoms with E-state index in [0.717, 1.165) is 16.2 Å². The maximum absolute atomic E-state index is 12.3. The molecule has 1 amide bonds. The Balaban J connectivity index is 1.62. The van der Waals surface area contributed by atoms with Crippen molar-refractivity contribution in [1.82, 2.24) is 10.3 Å². The van der Waals surface area contributed by atoms with Crippen LogP contribution in [-0.2, 0) is 14.8 Å². The molecule has 0 saturated carbocycles. The number of aryl methyl sites for hydroxylation is 1. The third kappa shape index (κ3) is 4.68. The molecule has 0 fully saturated rings. The van der Waals surface area contributed by atoms with E-state index in [9.17, 15) is 13.2 Å². The van der Waals surface area contributed by atoms with Crippen molar-refractivity contribution < 1.29 is 17.9 Å². The van der Waals surface area contributed by atoms with Gasteiger partial charge in [-0.1, -0.05) is 29.8 Å². The Bertz CT molecular complexity index is 955. The highest BCUT2D eigenvalue weighted by atomic mass is 32.2. The van der Waals surface area contributed by atoms with E-state index in [1.165, 1.54) is 43.1 Å². The second-order valence-electron chi connectivity index (χ2n) is 5.90. The largest absolute Gasteiger partial charge is 0.497 e. The van der Waals surface area contributed by atoms with Crippen LogP contribution in [0.15, 0.2) is 58.4 Å². The number of carbonyl (C=O) groups excluding carboxylic acids is 1. The lowest BCUT2D eigenvalue weighted by atomic mass is 10.2. The number of nitrogens with zero attached hydrogens (tertiary/aromatic N) is 1. The van der Waals surface area contributed by atoms with E-state index in [2.05, 4.69) is 15.2 Å². The van der Waals surface area contributed by atoms with E-state index in [-0.39, 0.29) is 4.90 Å². The van der Waals surface area contributed by atoms with Crippen LogP contribution in [0.4, 0.5) is 0 Å². The smallest absolute Gasteiger partial charge is 0.260 e. The fourth-order valence-electron chi connectivity index (χ4n) is 2.38. The highest BCUT2D eigenvalue weighted by Crippen LogP contribution is 2.24. The summed E-state index contributed by atoms with van der Waals surface area (Å²) in [4.78, 5) is 18.8. The number of benzene rings is 2. The zero-order valence-electron chi connectivity index (χ0n) is 14.8. The van der Waals surface area contributed by atoms with Gasteiger partial charge in [0.15, 0.2) is 0 Å². The molecular weight excluding hydrogens is 386 g/mol. The second-order valence-corrected chi connectivity index (χ2v) is 8.59. The highest BCUT2D eigenvalue weighted by Gasteiger charge is 2.27. The molecule has 1 aliphatic rings. The molecule has 142 valence electrons. The molecule has 0 spiro atoms. The lowest BCUT2D eigenvalue weighted by molar-refractivity contribution is -0.122. The van der Waals surface area contributed by atoms with Crippen LogP contribution in [0.3, 0.4) is 0 Å². The molecule has 0 saturated heterocycles. The number of hydrogen-bond acceptors (Lipinski definition) is 6. The maximum atomic E-state index is 12.3. The van der Waals surface area contributed by atoms with Crippen molar-refractivity contribution in [1.29, 1.82) is 0 Å². The van der Waals surface area contributed by atoms with Crippen LogP contribution in [0, 0.1) is 6.92 Å². The summed E-state index contributed by atoms with van der Waals surface area (Å²) in [5.41, 5.74) is 4.33. The first-order chi connectivity index (χ1) is 12.9. The molecule has 9 heteroatoms. The van der Waals surface area contributed by atoms with E-state index in [1.807, 2.05) is 31.2 Å². The van der Waals surface area contributed by atoms with Crippen LogP contribution in [0.1, 0.15) is 11.1 Å². The molecule has 2 N–H and O–H groups in total. The minimum Gasteiger partial charge on any atom is -0.497 e. The van der Waals surface area contributed by atoms with E-state index in [4.69, 9.17) is 4.74 Å². The Labute approximate surface area is 162 Å². The van der Waals surface area contributed by atoms with Gasteiger partial charge < -0.3 is 4.74 Å². The van der Waals surface area contributed by atoms with Crippen molar-refractivity contribution in [3.8, 4) is 5.75 Å². The number of nitrogens with one attached hydrogen (secondary N) is 2. The van der Waals surface area contributed by atoms with Gasteiger partial charge in [-0.15, -0.1) is 16.6 Å². The topological polar surface area (TPSA) is 96.9 Å². The Morgan fingerprint density at radius 3 is 2.44 bits per heavy atom. The van der Waals surface area contributed by atoms with Crippen molar-refractivity contribution in [2.24, 2.45) is 4.99 Å². The summed E-state index contributed by atoms with van der Waals surface area (Å²) < 4.78 is 29.5. The molecule has 3 rings (SSSR count). The van der Waals surface area contributed by atoms with Gasteiger partial charge in [-0.3, -0.25) is 15.2 Å². The van der Waals surface area contributed by atoms with Gasteiger partial charge in [0.05, 0.1) is 17.0 Å². The lowest BCUT2D eigenvalue weighted by Gasteiger charge is -2.10. The van der Waals surface area contributed by atoms with Gasteiger partial charge >= 0.3 is 0 Å². The number of hydrogen-bond donors (Lipinski definition) is 2. The number of aliphatic imine (C=N–C) groups is 1. The van der Waals surface area contributed by atoms with Gasteiger partial charge in [-0.05, 0) is 31.2 Å². The van der Waals surface area contributed by atoms with Crippen LogP contribution in [0.2, 0.25) is 0 Å². The SMILES string of the molecule is COc1ccc(S(=O)(=O)NNC(=O)[C@@H]2CSC(c3ccc(C)cc3)=N2)cc1. The summed E-state index contributed by atoms with van der Waals surface area (Å²) in [5, 5.41) is 0.771. The zero-order chi connectivity index (χ0) is 19.4. The Hall–Kier alpha value is -2.36. The third-order valence-corrected chi connectivity index (χ3v) is 6.29. The molecule has 2 aromatic carbocycles. The van der Waals surface area contributed by atoms with Crippen LogP contribution < -0.4 is 15.0 Å². The molecule has 27 heavy (non-hydrogen) atoms. The van der Waals surface area contributed by atoms with E-state index >= 15 is 0 Å². The summed E-state index contributed by atoms with van der Waals surface area (Å²) >= 11 is 1.47. The standard InChI is InChI=1S/C18H19N3O4S2/c1-12-3-5-13(6-4-12)18-19-16(11-26-18)17(22)20-21-27(23,24)15-9-7-14(25-2)8-10-15/h3-10,16,21H,11H2,1-2H3,(H,20,22)/t16-/m0/s1. The number of rotatable bonds is 6. The van der Waals surface area contributed by atoms with Crippen molar-refractivity contribution >= 4 is 32.7 Å². The van der Waals surface area contributed by atoms with Crippen molar-refractivity contribution in [3.05, 3.63) is 59.7 Å². The molecular formula is C18H19N3O4S2. The summed E-state index contributed by atoms with van der Waals surface area (Å²) in [5.74, 6) is 0.500. The molecule has 0 aromatic heterocycles. The first-order valence-corrected chi connectivity index (χ1v) is 10.6. The molecule has 1 heterocycles. The number of carbonyl (C=O) groups is 1. The predicted octanol–water partition coefficient (Wildman–Crippen LogP) is 1.88. The molecule has 1 atom stereocenters. The van der Waals surface area contributed by atoms with Crippen LogP contribution in [0.5, 0.6) is 5.75 Å². The lowest BCUT2D eigenvalue weighted by Crippen LogP contribution is -2.46. The quantitative estimate of drug-likeness (QED) is 0.715. The molecule has 0 bridgehead atoms. The maximum Gasteiger partial charge on any atom is 0.260 e. The summed E-state index contributed by atoms with van der Waals surface area (Å²) in [7, 11) is -2.38. The van der Waals surface area contributed by atoms with Crippen molar-refractivity contribution in [3.63, 3.8) is 0 Å². The fraction of sp³-hybridized carbons (Fsp3) is 0.222. The van der Waals surface area contributed by atoms with Crippen LogP contribution in [0.25, 0.3) is 0 Å². The zero-order valence-corrected chi connectivity index (χ0v) is 16.4. The monoisotopic (exact) mass is 405 g/mol. The predicted molar refractivity (Wildman–Crippen MR) is 105 cm³/mol. The normalized spacial score (nSPS) is 16.7. The van der Waals surface area contributed by atoms with Gasteiger partial charge in [0.25, 0.3) is 15.9 Å². The second kappa shape index (κ2) is 8.12. The van der Waals surface area contributed by atoms with Gasteiger partial charge in [-0.2, -0.15) is 0 Å². The van der Waals surface area contributed by atoms with Gasteiger partial charge in [0.1, 0.15) is 11.8 Å². The summed E-state index contributed by atoms with van der Waals surface area (Å²) in [6.07, 6.45) is 0. The first kappa shape index (κ1) is 19.4. The van der Waals surface area contributed by atoms with E-state index in [0.29, 0.717) is 11.5 Å². The Morgan fingerprint density at radius 2 is 1.81 bits per heavy atom. The number of thioether (sulfide) groups is 1. The minimum absolute atomic E-state index is 0.0215. The highest BCUT2D eigenvalue weighted by molar-refractivity contribution is 8.14. The number of methoxy groups -OCH3 is 1. The number of hydrazine groups is 1. The Kier molecular flexibility index (Phi) is 5.83. The molecule has 0 aliphatic carbocycles. The minimum atomic E-state index is -3.87. The van der Waals surface area contributed by atoms with Crippen molar-refractivity contribution in [2.75, 3.05) is 12.9 Å². The third-order valence-electron chi connectivity index (χ3n) is 3.93. The Morgan fingerprint density at radius 1 is 1.15 bits per heavy atom. The van der Waals surface area contributed by atoms with E-state index < -0.39 is 22.0 Å². The molecule has 0 unspecified atom stereocenters. The van der Waals surface area contributed by atoms with Crippen LogP contribution in [-0.4, -0.2) is 38.3 Å². The average Bonchev–Trinajstić information content (AvgIpc) is 3.17. The van der Waals surface area contributed by atoms with Gasteiger partial charge in [-0.25, -0.2) is 8.42 Å². The molecule has 7 nitrogen and oxygen atoms in total. The molecule has 2 aromatic rings. The molecule has 0 radical (unpaired) electrons. The van der Waals surface area contributed by atoms with Crippen LogP contribution >= 0.6 is 11.8 Å². The first-order valence-electron chi connectivity index (χ1n) is 8.12. The fourth-order valence-corrected chi connectivity index (χ4v) is 4.27. The average molecular weight is 406 g/mol. The van der Waals surface area contributed by atoms with Gasteiger partial charge in [0, 0.05) is 11.3 Å². The van der Waals surface area contributed by atoms with Gasteiger partial charge in [0.2, 0.25) is 0 Å². The summed E-state index contributed by atoms with van der Waals surface area (Å²) in [6.45, 7) is 2.00. The number of amides is 1. The van der Waals surface area contributed by atoms with E-state index in [1.54, 1.807) is 0 Å². The number of ether oxygens (including phenoxy) is 1. The number of sulfonamides is 1.